The molecule has 0 spiro atoms. The molecule has 11 heteroatoms. The van der Waals surface area contributed by atoms with Crippen LogP contribution in [-0.2, 0) is 6.67 Å². The van der Waals surface area contributed by atoms with E-state index in [0.717, 1.165) is 0 Å². The maximum atomic E-state index is 12.2. The number of nitrogens with zero attached hydrogens (tertiary/aromatic N) is 7. The summed E-state index contributed by atoms with van der Waals surface area (Å²) in [5.74, 6) is -0.996. The van der Waals surface area contributed by atoms with E-state index in [9.17, 15) is 14.9 Å². The van der Waals surface area contributed by atoms with E-state index >= 15 is 0 Å². The fourth-order valence-corrected chi connectivity index (χ4v) is 2.02. The number of anilines is 1. The number of nitro groups is 1. The summed E-state index contributed by atoms with van der Waals surface area (Å²) >= 11 is 0. The van der Waals surface area contributed by atoms with E-state index < -0.39 is 16.8 Å². The van der Waals surface area contributed by atoms with Crippen molar-refractivity contribution in [3.05, 3.63) is 64.2 Å². The molecule has 3 aromatic rings. The van der Waals surface area contributed by atoms with Crippen molar-refractivity contribution >= 4 is 17.5 Å². The molecule has 0 saturated heterocycles. The average molecular weight is 338 g/mol. The Bertz CT molecular complexity index is 984. The van der Waals surface area contributed by atoms with E-state index in [1.54, 1.807) is 24.3 Å². The van der Waals surface area contributed by atoms with E-state index in [0.29, 0.717) is 11.3 Å². The zero-order valence-electron chi connectivity index (χ0n) is 12.6. The minimum atomic E-state index is -0.703. The number of hydrogen-bond donors (Lipinski definition) is 1. The van der Waals surface area contributed by atoms with Crippen LogP contribution in [0, 0.1) is 21.4 Å². The van der Waals surface area contributed by atoms with Crippen molar-refractivity contribution in [1.29, 1.82) is 5.26 Å². The lowest BCUT2D eigenvalue weighted by Gasteiger charge is -2.04. The maximum Gasteiger partial charge on any atom is 0.491 e. The molecule has 0 atom stereocenters. The molecule has 25 heavy (non-hydrogen) atoms. The van der Waals surface area contributed by atoms with Gasteiger partial charge in [-0.25, -0.2) is 4.68 Å². The molecule has 0 aliphatic rings. The summed E-state index contributed by atoms with van der Waals surface area (Å²) < 4.78 is 2.60. The highest BCUT2D eigenvalue weighted by molar-refractivity contribution is 6.03. The van der Waals surface area contributed by atoms with Crippen LogP contribution in [0.25, 0.3) is 0 Å². The Morgan fingerprint density at radius 2 is 2.08 bits per heavy atom. The molecule has 0 unspecified atom stereocenters. The van der Waals surface area contributed by atoms with E-state index in [1.165, 1.54) is 28.0 Å². The van der Waals surface area contributed by atoms with Crippen LogP contribution in [0.15, 0.2) is 42.9 Å². The van der Waals surface area contributed by atoms with E-state index in [-0.39, 0.29) is 12.4 Å². The zero-order chi connectivity index (χ0) is 17.8. The molecule has 0 saturated carbocycles. The standard InChI is InChI=1S/C14H10N8O3/c15-7-10-3-1-2-4-11(10)17-13(23)12-5-6-20(18-12)9-21-8-16-14(19-21)22(24)25/h1-6,8H,9H2,(H,17,23). The predicted octanol–water partition coefficient (Wildman–Crippen LogP) is 1.01. The largest absolute Gasteiger partial charge is 0.491 e. The first-order valence-corrected chi connectivity index (χ1v) is 6.94. The lowest BCUT2D eigenvalue weighted by atomic mass is 10.2. The van der Waals surface area contributed by atoms with Gasteiger partial charge in [-0.05, 0) is 23.1 Å². The lowest BCUT2D eigenvalue weighted by Crippen LogP contribution is -2.15. The van der Waals surface area contributed by atoms with Crippen molar-refractivity contribution in [2.45, 2.75) is 6.67 Å². The Hall–Kier alpha value is -4.07. The van der Waals surface area contributed by atoms with Crippen LogP contribution in [0.5, 0.6) is 0 Å². The molecular weight excluding hydrogens is 328 g/mol. The minimum absolute atomic E-state index is 0.0584. The molecule has 2 heterocycles. The van der Waals surface area contributed by atoms with Crippen LogP contribution in [0.2, 0.25) is 0 Å². The van der Waals surface area contributed by atoms with Crippen molar-refractivity contribution in [3.8, 4) is 6.07 Å². The highest BCUT2D eigenvalue weighted by Gasteiger charge is 2.15. The molecule has 124 valence electrons. The van der Waals surface area contributed by atoms with E-state index in [1.807, 2.05) is 6.07 Å². The van der Waals surface area contributed by atoms with E-state index in [2.05, 4.69) is 20.5 Å². The number of aromatic nitrogens is 5. The van der Waals surface area contributed by atoms with Crippen LogP contribution in [0.3, 0.4) is 0 Å². The third kappa shape index (κ3) is 3.48. The lowest BCUT2D eigenvalue weighted by molar-refractivity contribution is -0.394. The molecular formula is C14H10N8O3. The summed E-state index contributed by atoms with van der Waals surface area (Å²) in [7, 11) is 0. The van der Waals surface area contributed by atoms with Crippen molar-refractivity contribution in [2.24, 2.45) is 0 Å². The summed E-state index contributed by atoms with van der Waals surface area (Å²) in [5, 5.41) is 29.9. The van der Waals surface area contributed by atoms with Crippen LogP contribution in [-0.4, -0.2) is 35.4 Å². The third-order valence-electron chi connectivity index (χ3n) is 3.15. The summed E-state index contributed by atoms with van der Waals surface area (Å²) in [4.78, 5) is 25.6. The minimum Gasteiger partial charge on any atom is -0.390 e. The van der Waals surface area contributed by atoms with Crippen molar-refractivity contribution in [2.75, 3.05) is 5.32 Å². The number of nitrogens with one attached hydrogen (secondary N) is 1. The molecule has 1 aromatic carbocycles. The quantitative estimate of drug-likeness (QED) is 0.540. The van der Waals surface area contributed by atoms with E-state index in [4.69, 9.17) is 5.26 Å². The summed E-state index contributed by atoms with van der Waals surface area (Å²) in [6, 6.07) is 10.1. The fraction of sp³-hybridized carbons (Fsp3) is 0.0714. The van der Waals surface area contributed by atoms with Gasteiger partial charge in [0.1, 0.15) is 6.07 Å². The average Bonchev–Trinajstić information content (AvgIpc) is 3.25. The van der Waals surface area contributed by atoms with Gasteiger partial charge in [0.05, 0.1) is 11.3 Å². The Kier molecular flexibility index (Phi) is 4.17. The highest BCUT2D eigenvalue weighted by atomic mass is 16.6. The van der Waals surface area contributed by atoms with Gasteiger partial charge in [-0.2, -0.15) is 15.0 Å². The molecule has 1 N–H and O–H groups in total. The monoisotopic (exact) mass is 338 g/mol. The van der Waals surface area contributed by atoms with Gasteiger partial charge in [0.2, 0.25) is 6.33 Å². The Labute approximate surface area is 140 Å². The van der Waals surface area contributed by atoms with Gasteiger partial charge < -0.3 is 15.4 Å². The summed E-state index contributed by atoms with van der Waals surface area (Å²) in [6.45, 7) is 0.0584. The number of carbonyl (C=O) groups excluding carboxylic acids is 1. The molecule has 11 nitrogen and oxygen atoms in total. The van der Waals surface area contributed by atoms with Gasteiger partial charge >= 0.3 is 5.95 Å². The van der Waals surface area contributed by atoms with Crippen LogP contribution in [0.4, 0.5) is 11.6 Å². The number of para-hydroxylation sites is 1. The maximum absolute atomic E-state index is 12.2. The van der Waals surface area contributed by atoms with Crippen molar-refractivity contribution < 1.29 is 9.72 Å². The number of rotatable bonds is 5. The third-order valence-corrected chi connectivity index (χ3v) is 3.15. The molecule has 0 radical (unpaired) electrons. The van der Waals surface area contributed by atoms with Gasteiger partial charge in [0.25, 0.3) is 5.91 Å². The van der Waals surface area contributed by atoms with Crippen LogP contribution in [0.1, 0.15) is 16.1 Å². The zero-order valence-corrected chi connectivity index (χ0v) is 12.6. The van der Waals surface area contributed by atoms with Gasteiger partial charge in [0, 0.05) is 11.3 Å². The molecule has 0 aliphatic heterocycles. The normalized spacial score (nSPS) is 10.2. The van der Waals surface area contributed by atoms with Gasteiger partial charge in [-0.1, -0.05) is 17.1 Å². The first-order chi connectivity index (χ1) is 12.1. The first kappa shape index (κ1) is 15.8. The number of benzene rings is 1. The first-order valence-electron chi connectivity index (χ1n) is 6.94. The summed E-state index contributed by atoms with van der Waals surface area (Å²) in [5.41, 5.74) is 0.851. The Morgan fingerprint density at radius 3 is 2.80 bits per heavy atom. The SMILES string of the molecule is N#Cc1ccccc1NC(=O)c1ccn(Cn2cnc([N+](=O)[O-])n2)n1. The fourth-order valence-electron chi connectivity index (χ4n) is 2.02. The van der Waals surface area contributed by atoms with Crippen molar-refractivity contribution in [1.82, 2.24) is 24.5 Å². The Morgan fingerprint density at radius 1 is 1.28 bits per heavy atom. The molecule has 2 aromatic heterocycles. The second-order valence-electron chi connectivity index (χ2n) is 4.83. The second kappa shape index (κ2) is 6.59. The number of hydrogen-bond acceptors (Lipinski definition) is 7. The second-order valence-corrected chi connectivity index (χ2v) is 4.83. The number of nitriles is 1. The number of amides is 1. The summed E-state index contributed by atoms with van der Waals surface area (Å²) in [6.07, 6.45) is 2.72. The van der Waals surface area contributed by atoms with Crippen molar-refractivity contribution in [3.63, 3.8) is 0 Å². The highest BCUT2D eigenvalue weighted by Crippen LogP contribution is 2.14. The van der Waals surface area contributed by atoms with Gasteiger partial charge in [-0.15, -0.1) is 0 Å². The molecule has 3 rings (SSSR count). The molecule has 0 bridgehead atoms. The molecule has 0 fully saturated rings. The Balaban J connectivity index is 1.71. The van der Waals surface area contributed by atoms with Gasteiger partial charge in [-0.3, -0.25) is 4.79 Å². The topological polar surface area (TPSA) is 145 Å². The smallest absolute Gasteiger partial charge is 0.390 e. The molecule has 1 amide bonds. The van der Waals surface area contributed by atoms with Crippen LogP contribution >= 0.6 is 0 Å². The number of carbonyl (C=O) groups is 1. The predicted molar refractivity (Wildman–Crippen MR) is 83.4 cm³/mol. The molecule has 0 aliphatic carbocycles. The van der Waals surface area contributed by atoms with Crippen LogP contribution < -0.4 is 5.32 Å². The van der Waals surface area contributed by atoms with Gasteiger partial charge in [0.15, 0.2) is 12.4 Å².